The highest BCUT2D eigenvalue weighted by Crippen LogP contribution is 2.21. The van der Waals surface area contributed by atoms with Gasteiger partial charge in [-0.25, -0.2) is 8.78 Å². The summed E-state index contributed by atoms with van der Waals surface area (Å²) in [5, 5.41) is 0. The summed E-state index contributed by atoms with van der Waals surface area (Å²) in [6.07, 6.45) is 2.25. The predicted molar refractivity (Wildman–Crippen MR) is 74.4 cm³/mol. The second-order valence-corrected chi connectivity index (χ2v) is 5.20. The van der Waals surface area contributed by atoms with Crippen LogP contribution < -0.4 is 5.73 Å². The third-order valence-electron chi connectivity index (χ3n) is 3.77. The number of ether oxygens (including phenoxy) is 1. The van der Waals surface area contributed by atoms with Crippen LogP contribution in [-0.4, -0.2) is 37.2 Å². The summed E-state index contributed by atoms with van der Waals surface area (Å²) in [6, 6.07) is 3.65. The minimum absolute atomic E-state index is 0.247. The number of hydrogen-bond donors (Lipinski definition) is 1. The number of rotatable bonds is 5. The molecule has 0 aliphatic carbocycles. The molecule has 2 rings (SSSR count). The Hall–Kier alpha value is -1.04. The largest absolute Gasteiger partial charge is 0.378 e. The number of likely N-dealkylation sites (tertiary alicyclic amines) is 1. The van der Waals surface area contributed by atoms with E-state index in [1.165, 1.54) is 6.07 Å². The van der Waals surface area contributed by atoms with Crippen LogP contribution in [0.4, 0.5) is 8.78 Å². The average molecular weight is 284 g/mol. The zero-order valence-corrected chi connectivity index (χ0v) is 11.8. The van der Waals surface area contributed by atoms with Crippen LogP contribution >= 0.6 is 0 Å². The molecule has 1 aliphatic heterocycles. The van der Waals surface area contributed by atoms with Crippen LogP contribution in [0, 0.1) is 11.6 Å². The standard InChI is InChI=1S/C15H22F2N2O/c1-2-20-11-6-8-19(9-7-11)10-14(18)12-4-3-5-13(16)15(12)17/h3-5,11,14H,2,6-10,18H2,1H3. The van der Waals surface area contributed by atoms with Crippen LogP contribution in [0.25, 0.3) is 0 Å². The summed E-state index contributed by atoms with van der Waals surface area (Å²) < 4.78 is 32.5. The first-order chi connectivity index (χ1) is 9.61. The van der Waals surface area contributed by atoms with Crippen molar-refractivity contribution in [3.63, 3.8) is 0 Å². The third kappa shape index (κ3) is 3.75. The first kappa shape index (κ1) is 15.4. The Morgan fingerprint density at radius 1 is 1.35 bits per heavy atom. The maximum absolute atomic E-state index is 13.7. The van der Waals surface area contributed by atoms with E-state index in [1.54, 1.807) is 6.07 Å². The van der Waals surface area contributed by atoms with E-state index >= 15 is 0 Å². The lowest BCUT2D eigenvalue weighted by Gasteiger charge is -2.33. The van der Waals surface area contributed by atoms with Gasteiger partial charge in [0.1, 0.15) is 0 Å². The molecule has 20 heavy (non-hydrogen) atoms. The molecule has 1 atom stereocenters. The van der Waals surface area contributed by atoms with E-state index in [4.69, 9.17) is 10.5 Å². The molecule has 112 valence electrons. The topological polar surface area (TPSA) is 38.5 Å². The molecule has 1 fully saturated rings. The van der Waals surface area contributed by atoms with Crippen LogP contribution in [0.3, 0.4) is 0 Å². The Kier molecular flexibility index (Phi) is 5.46. The normalized spacial score (nSPS) is 19.2. The fourth-order valence-corrected chi connectivity index (χ4v) is 2.68. The van der Waals surface area contributed by atoms with Crippen LogP contribution in [0.2, 0.25) is 0 Å². The summed E-state index contributed by atoms with van der Waals surface area (Å²) in [4.78, 5) is 2.19. The summed E-state index contributed by atoms with van der Waals surface area (Å²) in [7, 11) is 0. The van der Waals surface area contributed by atoms with Gasteiger partial charge in [-0.15, -0.1) is 0 Å². The number of hydrogen-bond acceptors (Lipinski definition) is 3. The Balaban J connectivity index is 1.89. The number of piperidine rings is 1. The highest BCUT2D eigenvalue weighted by molar-refractivity contribution is 5.22. The van der Waals surface area contributed by atoms with Gasteiger partial charge < -0.3 is 15.4 Å². The van der Waals surface area contributed by atoms with E-state index in [1.807, 2.05) is 6.92 Å². The molecule has 5 heteroatoms. The van der Waals surface area contributed by atoms with Gasteiger partial charge in [0.2, 0.25) is 0 Å². The van der Waals surface area contributed by atoms with Crippen molar-refractivity contribution in [1.82, 2.24) is 4.90 Å². The van der Waals surface area contributed by atoms with Crippen LogP contribution in [0.5, 0.6) is 0 Å². The first-order valence-corrected chi connectivity index (χ1v) is 7.15. The second-order valence-electron chi connectivity index (χ2n) is 5.20. The Morgan fingerprint density at radius 3 is 2.70 bits per heavy atom. The van der Waals surface area contributed by atoms with Gasteiger partial charge in [-0.3, -0.25) is 0 Å². The molecule has 0 aromatic heterocycles. The third-order valence-corrected chi connectivity index (χ3v) is 3.77. The van der Waals surface area contributed by atoms with Gasteiger partial charge in [-0.2, -0.15) is 0 Å². The lowest BCUT2D eigenvalue weighted by atomic mass is 10.0. The molecule has 2 N–H and O–H groups in total. The van der Waals surface area contributed by atoms with Gasteiger partial charge in [0.25, 0.3) is 0 Å². The van der Waals surface area contributed by atoms with E-state index in [9.17, 15) is 8.78 Å². The maximum atomic E-state index is 13.7. The van der Waals surface area contributed by atoms with Crippen molar-refractivity contribution < 1.29 is 13.5 Å². The van der Waals surface area contributed by atoms with Gasteiger partial charge in [0, 0.05) is 37.8 Å². The highest BCUT2D eigenvalue weighted by atomic mass is 19.2. The molecule has 1 aromatic rings. The summed E-state index contributed by atoms with van der Waals surface area (Å²) >= 11 is 0. The zero-order valence-electron chi connectivity index (χ0n) is 11.8. The minimum Gasteiger partial charge on any atom is -0.378 e. The Bertz CT molecular complexity index is 434. The lowest BCUT2D eigenvalue weighted by Crippen LogP contribution is -2.40. The second kappa shape index (κ2) is 7.11. The minimum atomic E-state index is -0.840. The molecule has 1 saturated heterocycles. The average Bonchev–Trinajstić information content (AvgIpc) is 2.44. The monoisotopic (exact) mass is 284 g/mol. The predicted octanol–water partition coefficient (Wildman–Crippen LogP) is 2.47. The Morgan fingerprint density at radius 2 is 2.05 bits per heavy atom. The summed E-state index contributed by atoms with van der Waals surface area (Å²) in [5.74, 6) is -1.67. The zero-order chi connectivity index (χ0) is 14.5. The van der Waals surface area contributed by atoms with Crippen molar-refractivity contribution >= 4 is 0 Å². The Labute approximate surface area is 118 Å². The molecule has 3 nitrogen and oxygen atoms in total. The molecule has 1 aromatic carbocycles. The molecule has 0 saturated carbocycles. The summed E-state index contributed by atoms with van der Waals surface area (Å²) in [5.41, 5.74) is 6.26. The summed E-state index contributed by atoms with van der Waals surface area (Å²) in [6.45, 7) is 5.04. The smallest absolute Gasteiger partial charge is 0.163 e. The molecule has 0 amide bonds. The number of nitrogens with zero attached hydrogens (tertiary/aromatic N) is 1. The molecule has 0 spiro atoms. The van der Waals surface area contributed by atoms with E-state index in [0.29, 0.717) is 12.6 Å². The van der Waals surface area contributed by atoms with Gasteiger partial charge in [0.15, 0.2) is 11.6 Å². The van der Waals surface area contributed by atoms with Gasteiger partial charge >= 0.3 is 0 Å². The molecule has 1 unspecified atom stereocenters. The van der Waals surface area contributed by atoms with Crippen molar-refractivity contribution in [3.8, 4) is 0 Å². The van der Waals surface area contributed by atoms with E-state index < -0.39 is 17.7 Å². The van der Waals surface area contributed by atoms with Crippen LogP contribution in [-0.2, 0) is 4.74 Å². The van der Waals surface area contributed by atoms with Crippen molar-refractivity contribution in [3.05, 3.63) is 35.4 Å². The molecule has 0 bridgehead atoms. The van der Waals surface area contributed by atoms with Gasteiger partial charge in [-0.1, -0.05) is 12.1 Å². The van der Waals surface area contributed by atoms with Gasteiger partial charge in [0.05, 0.1) is 6.10 Å². The lowest BCUT2D eigenvalue weighted by molar-refractivity contribution is 0.0130. The SMILES string of the molecule is CCOC1CCN(CC(N)c2cccc(F)c2F)CC1. The fourth-order valence-electron chi connectivity index (χ4n) is 2.68. The number of benzene rings is 1. The first-order valence-electron chi connectivity index (χ1n) is 7.15. The quantitative estimate of drug-likeness (QED) is 0.902. The molecule has 1 aliphatic rings. The fraction of sp³-hybridized carbons (Fsp3) is 0.600. The maximum Gasteiger partial charge on any atom is 0.163 e. The van der Waals surface area contributed by atoms with E-state index in [-0.39, 0.29) is 5.56 Å². The molecule has 1 heterocycles. The molecular weight excluding hydrogens is 262 g/mol. The van der Waals surface area contributed by atoms with Crippen LogP contribution in [0.15, 0.2) is 18.2 Å². The number of halogens is 2. The van der Waals surface area contributed by atoms with Gasteiger partial charge in [-0.05, 0) is 25.8 Å². The van der Waals surface area contributed by atoms with Crippen molar-refractivity contribution in [2.24, 2.45) is 5.73 Å². The molecule has 0 radical (unpaired) electrons. The molecular formula is C15H22F2N2O. The van der Waals surface area contributed by atoms with E-state index in [0.717, 1.165) is 38.6 Å². The van der Waals surface area contributed by atoms with E-state index in [2.05, 4.69) is 4.90 Å². The highest BCUT2D eigenvalue weighted by Gasteiger charge is 2.22. The van der Waals surface area contributed by atoms with Crippen molar-refractivity contribution in [1.29, 1.82) is 0 Å². The van der Waals surface area contributed by atoms with Crippen LogP contribution in [0.1, 0.15) is 31.4 Å². The number of nitrogens with two attached hydrogens (primary N) is 1. The van der Waals surface area contributed by atoms with Crippen molar-refractivity contribution in [2.75, 3.05) is 26.2 Å². The van der Waals surface area contributed by atoms with Crippen molar-refractivity contribution in [2.45, 2.75) is 31.9 Å².